The summed E-state index contributed by atoms with van der Waals surface area (Å²) >= 11 is 6.76. The van der Waals surface area contributed by atoms with E-state index in [1.54, 1.807) is 11.9 Å². The second kappa shape index (κ2) is 6.28. The van der Waals surface area contributed by atoms with E-state index in [0.717, 1.165) is 10.3 Å². The Morgan fingerprint density at radius 1 is 1.14 bits per heavy atom. The van der Waals surface area contributed by atoms with Crippen LogP contribution in [-0.2, 0) is 14.1 Å². The van der Waals surface area contributed by atoms with Gasteiger partial charge in [0.15, 0.2) is 0 Å². The third-order valence-corrected chi connectivity index (χ3v) is 4.32. The zero-order valence-corrected chi connectivity index (χ0v) is 13.6. The molecule has 2 aromatic rings. The van der Waals surface area contributed by atoms with Gasteiger partial charge < -0.3 is 0 Å². The molecule has 1 aromatic heterocycles. The maximum Gasteiger partial charge on any atom is 0.332 e. The summed E-state index contributed by atoms with van der Waals surface area (Å²) in [6.45, 7) is 0. The van der Waals surface area contributed by atoms with Crippen LogP contribution in [0.3, 0.4) is 0 Å². The summed E-state index contributed by atoms with van der Waals surface area (Å²) in [5.74, 6) is 0.452. The summed E-state index contributed by atoms with van der Waals surface area (Å²) in [6.07, 6.45) is 1.86. The Balaban J connectivity index is 2.72. The monoisotopic (exact) mass is 321 g/mol. The summed E-state index contributed by atoms with van der Waals surface area (Å²) in [7, 11) is 3.07. The lowest BCUT2D eigenvalue weighted by molar-refractivity contribution is 0.688. The molecule has 1 heterocycles. The molecule has 2 rings (SSSR count). The Morgan fingerprint density at radius 2 is 1.76 bits per heavy atom. The van der Waals surface area contributed by atoms with Gasteiger partial charge >= 0.3 is 5.69 Å². The largest absolute Gasteiger partial charge is 0.332 e. The van der Waals surface area contributed by atoms with Crippen molar-refractivity contribution in [2.24, 2.45) is 14.1 Å². The first-order chi connectivity index (χ1) is 9.97. The van der Waals surface area contributed by atoms with Crippen molar-refractivity contribution in [3.63, 3.8) is 0 Å². The number of anilines is 2. The van der Waals surface area contributed by atoms with Crippen molar-refractivity contribution >= 4 is 39.8 Å². The van der Waals surface area contributed by atoms with Crippen LogP contribution in [0.5, 0.6) is 0 Å². The number of hydrogen-bond acceptors (Lipinski definition) is 4. The number of thioether (sulfide) groups is 1. The van der Waals surface area contributed by atoms with E-state index >= 15 is 0 Å². The minimum Gasteiger partial charge on any atom is -0.282 e. The smallest absolute Gasteiger partial charge is 0.282 e. The van der Waals surface area contributed by atoms with Gasteiger partial charge in [-0.1, -0.05) is 42.2 Å². The first-order valence-corrected chi connectivity index (χ1v) is 7.81. The van der Waals surface area contributed by atoms with Crippen LogP contribution in [0, 0.1) is 0 Å². The van der Waals surface area contributed by atoms with E-state index in [-0.39, 0.29) is 11.2 Å². The molecular formula is C14H15N3O2S2. The minimum absolute atomic E-state index is 0.363. The second-order valence-electron chi connectivity index (χ2n) is 4.38. The van der Waals surface area contributed by atoms with Crippen molar-refractivity contribution in [2.45, 2.75) is 0 Å². The highest BCUT2D eigenvalue weighted by molar-refractivity contribution is 8.23. The number of para-hydroxylation sites is 1. The number of nitrogens with zero attached hydrogens (tertiary/aromatic N) is 3. The molecule has 0 unspecified atom stereocenters. The molecule has 0 atom stereocenters. The summed E-state index contributed by atoms with van der Waals surface area (Å²) in [5.41, 5.74) is 0.0559. The number of hydrogen-bond donors (Lipinski definition) is 0. The fourth-order valence-corrected chi connectivity index (χ4v) is 2.52. The normalized spacial score (nSPS) is 10.4. The quantitative estimate of drug-likeness (QED) is 0.790. The van der Waals surface area contributed by atoms with Crippen molar-refractivity contribution in [3.8, 4) is 0 Å². The molecular weight excluding hydrogens is 306 g/mol. The summed E-state index contributed by atoms with van der Waals surface area (Å²) < 4.78 is 3.04. The van der Waals surface area contributed by atoms with Crippen molar-refractivity contribution in [2.75, 3.05) is 11.2 Å². The van der Waals surface area contributed by atoms with E-state index in [1.807, 2.05) is 36.6 Å². The average molecular weight is 321 g/mol. The van der Waals surface area contributed by atoms with Crippen LogP contribution in [0.1, 0.15) is 0 Å². The Labute approximate surface area is 131 Å². The predicted octanol–water partition coefficient (Wildman–Crippen LogP) is 1.87. The molecule has 0 saturated heterocycles. The molecule has 7 heteroatoms. The molecule has 0 radical (unpaired) electrons. The Kier molecular flexibility index (Phi) is 4.64. The van der Waals surface area contributed by atoms with E-state index in [1.165, 1.54) is 29.4 Å². The SMILES string of the molecule is CSC(=S)N(c1ccccc1)c1cc(=O)n(C)c(=O)n1C. The summed E-state index contributed by atoms with van der Waals surface area (Å²) in [6, 6.07) is 10.8. The maximum atomic E-state index is 12.1. The molecule has 21 heavy (non-hydrogen) atoms. The summed E-state index contributed by atoms with van der Waals surface area (Å²) in [5, 5.41) is 0. The molecule has 5 nitrogen and oxygen atoms in total. The highest BCUT2D eigenvalue weighted by atomic mass is 32.2. The molecule has 0 aliphatic rings. The van der Waals surface area contributed by atoms with Crippen LogP contribution in [0.25, 0.3) is 0 Å². The van der Waals surface area contributed by atoms with Crippen LogP contribution in [0.2, 0.25) is 0 Å². The standard InChI is InChI=1S/C14H15N3O2S2/c1-15-11(9-12(18)16(2)13(15)19)17(14(20)21-3)10-7-5-4-6-8-10/h4-9H,1-3H3. The average Bonchev–Trinajstić information content (AvgIpc) is 2.51. The number of thiocarbonyl (C=S) groups is 1. The zero-order chi connectivity index (χ0) is 15.6. The van der Waals surface area contributed by atoms with Gasteiger partial charge in [-0.2, -0.15) is 0 Å². The molecule has 1 aromatic carbocycles. The van der Waals surface area contributed by atoms with Crippen molar-refractivity contribution in [3.05, 3.63) is 57.2 Å². The molecule has 0 fully saturated rings. The van der Waals surface area contributed by atoms with Gasteiger partial charge in [0.2, 0.25) is 0 Å². The van der Waals surface area contributed by atoms with E-state index in [2.05, 4.69) is 0 Å². The van der Waals surface area contributed by atoms with E-state index in [9.17, 15) is 9.59 Å². The first kappa shape index (κ1) is 15.5. The van der Waals surface area contributed by atoms with Crippen LogP contribution >= 0.6 is 24.0 Å². The number of aromatic nitrogens is 2. The van der Waals surface area contributed by atoms with Gasteiger partial charge in [-0.3, -0.25) is 18.8 Å². The van der Waals surface area contributed by atoms with Crippen LogP contribution < -0.4 is 16.1 Å². The van der Waals surface area contributed by atoms with Gasteiger partial charge in [-0.25, -0.2) is 4.79 Å². The molecule has 0 aliphatic carbocycles. The molecule has 0 saturated carbocycles. The van der Waals surface area contributed by atoms with E-state index in [4.69, 9.17) is 12.2 Å². The molecule has 0 N–H and O–H groups in total. The zero-order valence-electron chi connectivity index (χ0n) is 11.9. The molecule has 0 aliphatic heterocycles. The van der Waals surface area contributed by atoms with Crippen LogP contribution in [0.15, 0.2) is 46.0 Å². The van der Waals surface area contributed by atoms with Crippen molar-refractivity contribution in [1.29, 1.82) is 0 Å². The molecule has 0 bridgehead atoms. The van der Waals surface area contributed by atoms with Crippen LogP contribution in [-0.4, -0.2) is 19.7 Å². The topological polar surface area (TPSA) is 47.2 Å². The van der Waals surface area contributed by atoms with Gasteiger partial charge in [-0.05, 0) is 18.4 Å². The van der Waals surface area contributed by atoms with Gasteiger partial charge in [0.05, 0.1) is 0 Å². The highest BCUT2D eigenvalue weighted by Gasteiger charge is 2.18. The maximum absolute atomic E-state index is 12.1. The molecule has 110 valence electrons. The van der Waals surface area contributed by atoms with Crippen molar-refractivity contribution < 1.29 is 0 Å². The first-order valence-electron chi connectivity index (χ1n) is 6.17. The van der Waals surface area contributed by atoms with Gasteiger partial charge in [0.25, 0.3) is 5.56 Å². The number of benzene rings is 1. The second-order valence-corrected chi connectivity index (χ2v) is 5.82. The van der Waals surface area contributed by atoms with Crippen LogP contribution in [0.4, 0.5) is 11.5 Å². The number of rotatable bonds is 2. The lowest BCUT2D eigenvalue weighted by atomic mass is 10.3. The third kappa shape index (κ3) is 2.93. The van der Waals surface area contributed by atoms with Crippen molar-refractivity contribution in [1.82, 2.24) is 9.13 Å². The fourth-order valence-electron chi connectivity index (χ4n) is 1.94. The predicted molar refractivity (Wildman–Crippen MR) is 91.6 cm³/mol. The van der Waals surface area contributed by atoms with Gasteiger partial charge in [-0.15, -0.1) is 0 Å². The van der Waals surface area contributed by atoms with E-state index in [0.29, 0.717) is 10.1 Å². The van der Waals surface area contributed by atoms with Gasteiger partial charge in [0, 0.05) is 25.8 Å². The Bertz CT molecular complexity index is 781. The van der Waals surface area contributed by atoms with Gasteiger partial charge in [0.1, 0.15) is 10.1 Å². The Morgan fingerprint density at radius 3 is 2.33 bits per heavy atom. The third-order valence-electron chi connectivity index (χ3n) is 3.10. The minimum atomic E-state index is -0.387. The highest BCUT2D eigenvalue weighted by Crippen LogP contribution is 2.26. The fraction of sp³-hybridized carbons (Fsp3) is 0.214. The molecule has 0 spiro atoms. The molecule has 0 amide bonds. The Hall–Kier alpha value is -1.86. The van der Waals surface area contributed by atoms with E-state index < -0.39 is 0 Å². The lowest BCUT2D eigenvalue weighted by Crippen LogP contribution is -2.40. The summed E-state index contributed by atoms with van der Waals surface area (Å²) in [4.78, 5) is 25.8. The lowest BCUT2D eigenvalue weighted by Gasteiger charge is -2.26.